The third kappa shape index (κ3) is 1.99. The highest BCUT2D eigenvalue weighted by Crippen LogP contribution is 2.48. The van der Waals surface area contributed by atoms with E-state index in [4.69, 9.17) is 0 Å². The maximum Gasteiger partial charge on any atom is 0.737 e. The maximum absolute atomic E-state index is 16.3. The first kappa shape index (κ1) is 17.4. The predicted molar refractivity (Wildman–Crippen MR) is 119 cm³/mol. The molecule has 0 amide bonds. The molecule has 0 bridgehead atoms. The molecule has 1 aromatic heterocycles. The van der Waals surface area contributed by atoms with E-state index in [9.17, 15) is 0 Å². The molecule has 6 rings (SSSR count). The van der Waals surface area contributed by atoms with E-state index in [2.05, 4.69) is 0 Å². The zero-order valence-corrected chi connectivity index (χ0v) is 16.7. The lowest BCUT2D eigenvalue weighted by Gasteiger charge is -2.33. The maximum atomic E-state index is 16.3. The van der Waals surface area contributed by atoms with Gasteiger partial charge < -0.3 is 17.6 Å². The summed E-state index contributed by atoms with van der Waals surface area (Å²) in [6.07, 6.45) is 0. The molecule has 3 aromatic carbocycles. The molecule has 4 aromatic rings. The number of aryl methyl sites for hydroxylation is 1. The van der Waals surface area contributed by atoms with Gasteiger partial charge in [-0.15, -0.1) is 0 Å². The van der Waals surface area contributed by atoms with Crippen LogP contribution in [0.5, 0.6) is 0 Å². The molecule has 0 saturated carbocycles. The van der Waals surface area contributed by atoms with E-state index in [1.54, 1.807) is 13.8 Å². The number of rotatable bonds is 1. The first-order valence-electron chi connectivity index (χ1n) is 10.2. The summed E-state index contributed by atoms with van der Waals surface area (Å²) in [7, 11) is 0. The summed E-state index contributed by atoms with van der Waals surface area (Å²) in [6.45, 7) is -0.441. The summed E-state index contributed by atoms with van der Waals surface area (Å²) >= 11 is 0. The van der Waals surface area contributed by atoms with Crippen LogP contribution in [-0.4, -0.2) is 21.6 Å². The molecule has 0 spiro atoms. The number of benzene rings is 3. The van der Waals surface area contributed by atoms with Crippen molar-refractivity contribution in [1.29, 1.82) is 0 Å². The van der Waals surface area contributed by atoms with Crippen LogP contribution in [0.3, 0.4) is 0 Å². The molecule has 30 heavy (non-hydrogen) atoms. The number of nitrogens with zero attached hydrogens (tertiary/aromatic N) is 2. The van der Waals surface area contributed by atoms with Gasteiger partial charge in [0.2, 0.25) is 0 Å². The molecule has 0 N–H and O–H groups in total. The Morgan fingerprint density at radius 3 is 2.07 bits per heavy atom. The second kappa shape index (κ2) is 5.79. The Labute approximate surface area is 173 Å². The Hall–Kier alpha value is -3.47. The fraction of sp³-hybridized carbons (Fsp3) is 0.0800. The Balaban J connectivity index is 1.89. The van der Waals surface area contributed by atoms with E-state index in [0.717, 1.165) is 33.0 Å². The van der Waals surface area contributed by atoms with Crippen LogP contribution in [0.25, 0.3) is 22.0 Å². The van der Waals surface area contributed by atoms with Crippen molar-refractivity contribution < 1.29 is 13.1 Å². The molecule has 2 aliphatic rings. The summed E-state index contributed by atoms with van der Waals surface area (Å²) in [5, 5.41) is 1.74. The van der Waals surface area contributed by atoms with Crippen LogP contribution < -0.4 is 0 Å². The highest BCUT2D eigenvalue weighted by atomic mass is 19.2. The molecule has 0 aliphatic carbocycles. The molecule has 0 fully saturated rings. The molecule has 2 nitrogen and oxygen atoms in total. The first-order valence-corrected chi connectivity index (χ1v) is 10.2. The van der Waals surface area contributed by atoms with Gasteiger partial charge in [-0.05, 0) is 35.7 Å². The zero-order chi connectivity index (χ0) is 20.6. The number of halogens is 2. The molecule has 3 heterocycles. The zero-order valence-electron chi connectivity index (χ0n) is 16.7. The second-order valence-electron chi connectivity index (χ2n) is 8.03. The van der Waals surface area contributed by atoms with Gasteiger partial charge in [-0.2, -0.15) is 0 Å². The normalized spacial score (nSPS) is 16.7. The van der Waals surface area contributed by atoms with Crippen molar-refractivity contribution in [1.82, 2.24) is 4.48 Å². The number of aromatic nitrogens is 1. The van der Waals surface area contributed by atoms with E-state index in [1.165, 1.54) is 8.96 Å². The Kier molecular flexibility index (Phi) is 3.36. The van der Waals surface area contributed by atoms with Crippen LogP contribution in [0.15, 0.2) is 78.9 Å². The largest absolute Gasteiger partial charge is 0.737 e. The van der Waals surface area contributed by atoms with Gasteiger partial charge in [0.05, 0.1) is 16.7 Å². The van der Waals surface area contributed by atoms with Crippen molar-refractivity contribution in [3.05, 3.63) is 107 Å². The molecule has 2 aliphatic heterocycles. The number of hydrogen-bond acceptors (Lipinski definition) is 0. The van der Waals surface area contributed by atoms with Gasteiger partial charge in [0.1, 0.15) is 5.71 Å². The van der Waals surface area contributed by atoms with Gasteiger partial charge in [-0.1, -0.05) is 66.7 Å². The van der Waals surface area contributed by atoms with Gasteiger partial charge >= 0.3 is 6.97 Å². The van der Waals surface area contributed by atoms with Crippen LogP contribution in [0.2, 0.25) is 0 Å². The fourth-order valence-corrected chi connectivity index (χ4v) is 5.26. The lowest BCUT2D eigenvalue weighted by Crippen LogP contribution is -2.50. The van der Waals surface area contributed by atoms with E-state index >= 15 is 8.63 Å². The number of fused-ring (bicyclic) bond motifs is 6. The topological polar surface area (TPSA) is 7.94 Å². The van der Waals surface area contributed by atoms with Crippen LogP contribution in [0.1, 0.15) is 35.0 Å². The summed E-state index contributed by atoms with van der Waals surface area (Å²) in [4.78, 5) is 0. The van der Waals surface area contributed by atoms with Gasteiger partial charge in [-0.25, -0.2) is 0 Å². The van der Waals surface area contributed by atoms with Crippen molar-refractivity contribution in [2.24, 2.45) is 0 Å². The molecule has 0 unspecified atom stereocenters. The summed E-state index contributed by atoms with van der Waals surface area (Å²) in [5.74, 6) is 0. The van der Waals surface area contributed by atoms with Crippen LogP contribution >= 0.6 is 0 Å². The molecule has 0 radical (unpaired) electrons. The van der Waals surface area contributed by atoms with Crippen molar-refractivity contribution in [3.63, 3.8) is 0 Å². The summed E-state index contributed by atoms with van der Waals surface area (Å²) in [5.41, 5.74) is 5.95. The van der Waals surface area contributed by atoms with Crippen molar-refractivity contribution in [2.45, 2.75) is 13.8 Å². The van der Waals surface area contributed by atoms with Gasteiger partial charge in [0.25, 0.3) is 0 Å². The molecule has 0 atom stereocenters. The third-order valence-electron chi connectivity index (χ3n) is 6.51. The quantitative estimate of drug-likeness (QED) is 0.352. The first-order chi connectivity index (χ1) is 14.5. The minimum Gasteiger partial charge on any atom is -0.392 e. The lowest BCUT2D eigenvalue weighted by atomic mass is 9.84. The highest BCUT2D eigenvalue weighted by molar-refractivity contribution is 6.60. The molecule has 0 saturated heterocycles. The van der Waals surface area contributed by atoms with Gasteiger partial charge in [-0.3, -0.25) is 0 Å². The minimum atomic E-state index is -4.04. The van der Waals surface area contributed by atoms with E-state index in [1.807, 2.05) is 78.9 Å². The van der Waals surface area contributed by atoms with Crippen molar-refractivity contribution in [3.8, 4) is 0 Å². The molecular weight excluding hydrogens is 377 g/mol. The van der Waals surface area contributed by atoms with Gasteiger partial charge in [0.15, 0.2) is 5.70 Å². The Morgan fingerprint density at radius 2 is 1.33 bits per heavy atom. The van der Waals surface area contributed by atoms with Crippen molar-refractivity contribution in [2.75, 3.05) is 0 Å². The van der Waals surface area contributed by atoms with E-state index in [-0.39, 0.29) is 0 Å². The molecular formula is C25H19BF2N2. The molecule has 5 heteroatoms. The average Bonchev–Trinajstić information content (AvgIpc) is 3.24. The lowest BCUT2D eigenvalue weighted by molar-refractivity contribution is -0.318. The summed E-state index contributed by atoms with van der Waals surface area (Å²) in [6, 6.07) is 25.4. The van der Waals surface area contributed by atoms with Crippen LogP contribution in [-0.2, 0) is 0 Å². The second-order valence-corrected chi connectivity index (χ2v) is 8.03. The third-order valence-corrected chi connectivity index (χ3v) is 6.51. The Bertz CT molecular complexity index is 1430. The SMILES string of the molecule is CC1=[N+]2C(=C(c3ccccc3)c3c4ccccc4c(C)n3[B-]2(F)F)c2ccccc21. The predicted octanol–water partition coefficient (Wildman–Crippen LogP) is 5.94. The van der Waals surface area contributed by atoms with E-state index in [0.29, 0.717) is 22.8 Å². The smallest absolute Gasteiger partial charge is 0.392 e. The average molecular weight is 396 g/mol. The monoisotopic (exact) mass is 396 g/mol. The highest BCUT2D eigenvalue weighted by Gasteiger charge is 2.56. The minimum absolute atomic E-state index is 0.599. The fourth-order valence-electron chi connectivity index (χ4n) is 5.26. The standard InChI is InChI=1S/C25H19BF2N2/c1-16-19-12-6-8-14-21(19)24-23(18-10-4-3-5-11-18)25-22-15-9-7-13-20(22)17(2)30(25)26(27,28)29(16)24/h3-15H,1-2H3. The van der Waals surface area contributed by atoms with E-state index < -0.39 is 6.97 Å². The molecule has 146 valence electrons. The Morgan fingerprint density at radius 1 is 0.733 bits per heavy atom. The van der Waals surface area contributed by atoms with Gasteiger partial charge in [0, 0.05) is 18.0 Å². The number of hydrogen-bond donors (Lipinski definition) is 0. The van der Waals surface area contributed by atoms with Crippen LogP contribution in [0, 0.1) is 6.92 Å². The van der Waals surface area contributed by atoms with Crippen LogP contribution in [0.4, 0.5) is 8.63 Å². The summed E-state index contributed by atoms with van der Waals surface area (Å²) < 4.78 is 35.1. The van der Waals surface area contributed by atoms with Crippen molar-refractivity contribution >= 4 is 34.7 Å².